The molecular formula is C22H23N3O3. The van der Waals surface area contributed by atoms with E-state index >= 15 is 0 Å². The summed E-state index contributed by atoms with van der Waals surface area (Å²) in [5, 5.41) is 1.27. The third kappa shape index (κ3) is 2.67. The molecule has 144 valence electrons. The van der Waals surface area contributed by atoms with E-state index in [1.54, 1.807) is 6.92 Å². The first-order chi connectivity index (χ1) is 13.6. The van der Waals surface area contributed by atoms with E-state index in [9.17, 15) is 9.59 Å². The summed E-state index contributed by atoms with van der Waals surface area (Å²) in [4.78, 5) is 33.0. The summed E-state index contributed by atoms with van der Waals surface area (Å²) in [6.07, 6.45) is 2.40. The molecule has 0 aliphatic carbocycles. The highest BCUT2D eigenvalue weighted by Gasteiger charge is 2.43. The van der Waals surface area contributed by atoms with E-state index in [0.717, 1.165) is 24.8 Å². The van der Waals surface area contributed by atoms with Gasteiger partial charge in [-0.1, -0.05) is 18.2 Å². The summed E-state index contributed by atoms with van der Waals surface area (Å²) >= 11 is 0. The minimum absolute atomic E-state index is 0.122. The number of nitrogens with zero attached hydrogens (tertiary/aromatic N) is 1. The van der Waals surface area contributed by atoms with Crippen molar-refractivity contribution >= 4 is 16.8 Å². The zero-order chi connectivity index (χ0) is 19.3. The standard InChI is InChI=1S/C22H23N3O3/c1-14-12-15(26)13-19(23-14)21(27)25-9-7-22(8-10-25)20-17(6-11-28-22)16-4-2-3-5-18(16)24-20/h2-5,12-13,24H,6-11H2,1H3,(H,23,26). The quantitative estimate of drug-likeness (QED) is 0.684. The number of hydrogen-bond acceptors (Lipinski definition) is 3. The van der Waals surface area contributed by atoms with Crippen LogP contribution in [-0.4, -0.2) is 40.5 Å². The second kappa shape index (κ2) is 6.34. The van der Waals surface area contributed by atoms with Gasteiger partial charge in [-0.05, 0) is 37.8 Å². The summed E-state index contributed by atoms with van der Waals surface area (Å²) in [6.45, 7) is 3.69. The van der Waals surface area contributed by atoms with Crippen LogP contribution in [0.1, 0.15) is 40.3 Å². The highest BCUT2D eigenvalue weighted by Crippen LogP contribution is 2.43. The number of fused-ring (bicyclic) bond motifs is 4. The average Bonchev–Trinajstić information content (AvgIpc) is 3.08. The largest absolute Gasteiger partial charge is 0.368 e. The Morgan fingerprint density at radius 3 is 2.71 bits per heavy atom. The molecule has 0 unspecified atom stereocenters. The van der Waals surface area contributed by atoms with E-state index in [2.05, 4.69) is 28.2 Å². The summed E-state index contributed by atoms with van der Waals surface area (Å²) in [5.74, 6) is -0.122. The Hall–Kier alpha value is -2.86. The lowest BCUT2D eigenvalue weighted by Gasteiger charge is -2.43. The van der Waals surface area contributed by atoms with Gasteiger partial charge in [-0.15, -0.1) is 0 Å². The van der Waals surface area contributed by atoms with Gasteiger partial charge in [0.25, 0.3) is 5.91 Å². The van der Waals surface area contributed by atoms with Crippen molar-refractivity contribution in [3.05, 3.63) is 69.3 Å². The topological polar surface area (TPSA) is 78.2 Å². The number of hydrogen-bond donors (Lipinski definition) is 2. The van der Waals surface area contributed by atoms with Crippen molar-refractivity contribution < 1.29 is 9.53 Å². The molecule has 4 heterocycles. The lowest BCUT2D eigenvalue weighted by atomic mass is 9.83. The molecule has 0 atom stereocenters. The lowest BCUT2D eigenvalue weighted by molar-refractivity contribution is -0.0957. The highest BCUT2D eigenvalue weighted by molar-refractivity contribution is 5.92. The number of H-pyrrole nitrogens is 2. The minimum Gasteiger partial charge on any atom is -0.368 e. The number of benzene rings is 1. The van der Waals surface area contributed by atoms with Crippen molar-refractivity contribution in [2.45, 2.75) is 31.8 Å². The van der Waals surface area contributed by atoms with Crippen molar-refractivity contribution in [2.24, 2.45) is 0 Å². The maximum Gasteiger partial charge on any atom is 0.270 e. The molecule has 1 spiro atoms. The number of carbonyl (C=O) groups is 1. The number of aromatic nitrogens is 2. The number of ether oxygens (including phenoxy) is 1. The van der Waals surface area contributed by atoms with Gasteiger partial charge in [0.15, 0.2) is 5.43 Å². The number of nitrogens with one attached hydrogen (secondary N) is 2. The highest BCUT2D eigenvalue weighted by atomic mass is 16.5. The van der Waals surface area contributed by atoms with Crippen LogP contribution in [0.4, 0.5) is 0 Å². The number of rotatable bonds is 1. The number of amides is 1. The van der Waals surface area contributed by atoms with E-state index in [0.29, 0.717) is 31.1 Å². The fourth-order valence-electron chi connectivity index (χ4n) is 4.70. The Balaban J connectivity index is 1.42. The Bertz CT molecular complexity index is 1120. The third-order valence-electron chi connectivity index (χ3n) is 6.07. The van der Waals surface area contributed by atoms with Gasteiger partial charge in [-0.25, -0.2) is 0 Å². The molecule has 1 saturated heterocycles. The Morgan fingerprint density at radius 1 is 1.14 bits per heavy atom. The van der Waals surface area contributed by atoms with E-state index in [1.165, 1.54) is 28.8 Å². The van der Waals surface area contributed by atoms with Crippen LogP contribution in [0.2, 0.25) is 0 Å². The normalized spacial score (nSPS) is 18.4. The van der Waals surface area contributed by atoms with Crippen molar-refractivity contribution in [2.75, 3.05) is 19.7 Å². The molecule has 1 fully saturated rings. The third-order valence-corrected chi connectivity index (χ3v) is 6.07. The van der Waals surface area contributed by atoms with Gasteiger partial charge in [0.05, 0.1) is 12.3 Å². The number of likely N-dealkylation sites (tertiary alicyclic amines) is 1. The maximum atomic E-state index is 12.9. The first kappa shape index (κ1) is 17.3. The first-order valence-corrected chi connectivity index (χ1v) is 9.80. The second-order valence-electron chi connectivity index (χ2n) is 7.82. The first-order valence-electron chi connectivity index (χ1n) is 9.80. The number of pyridine rings is 1. The van der Waals surface area contributed by atoms with Crippen molar-refractivity contribution in [1.29, 1.82) is 0 Å². The van der Waals surface area contributed by atoms with Gasteiger partial charge in [0, 0.05) is 41.8 Å². The zero-order valence-corrected chi connectivity index (χ0v) is 15.9. The molecule has 6 nitrogen and oxygen atoms in total. The van der Waals surface area contributed by atoms with Crippen molar-refractivity contribution in [3.63, 3.8) is 0 Å². The zero-order valence-electron chi connectivity index (χ0n) is 15.9. The summed E-state index contributed by atoms with van der Waals surface area (Å²) in [7, 11) is 0. The number of aromatic amines is 2. The lowest BCUT2D eigenvalue weighted by Crippen LogP contribution is -2.48. The van der Waals surface area contributed by atoms with Crippen LogP contribution >= 0.6 is 0 Å². The van der Waals surface area contributed by atoms with Gasteiger partial charge < -0.3 is 19.6 Å². The van der Waals surface area contributed by atoms with Crippen LogP contribution < -0.4 is 5.43 Å². The fourth-order valence-corrected chi connectivity index (χ4v) is 4.70. The van der Waals surface area contributed by atoms with E-state index in [4.69, 9.17) is 4.74 Å². The van der Waals surface area contributed by atoms with Gasteiger partial charge in [-0.2, -0.15) is 0 Å². The molecule has 0 saturated carbocycles. The number of carbonyl (C=O) groups excluding carboxylic acids is 1. The van der Waals surface area contributed by atoms with Crippen LogP contribution in [0.5, 0.6) is 0 Å². The minimum atomic E-state index is -0.358. The molecule has 5 rings (SSSR count). The molecule has 2 aliphatic rings. The molecule has 2 aromatic heterocycles. The van der Waals surface area contributed by atoms with Crippen molar-refractivity contribution in [1.82, 2.24) is 14.9 Å². The molecule has 6 heteroatoms. The summed E-state index contributed by atoms with van der Waals surface area (Å²) in [6, 6.07) is 11.3. The van der Waals surface area contributed by atoms with Crippen molar-refractivity contribution in [3.8, 4) is 0 Å². The SMILES string of the molecule is Cc1cc(=O)cc(C(=O)N2CCC3(CC2)OCCc2c3[nH]c3ccccc23)[nH]1. The number of para-hydroxylation sites is 1. The molecule has 1 amide bonds. The molecule has 2 aliphatic heterocycles. The summed E-state index contributed by atoms with van der Waals surface area (Å²) < 4.78 is 6.31. The fraction of sp³-hybridized carbons (Fsp3) is 0.364. The smallest absolute Gasteiger partial charge is 0.270 e. The number of piperidine rings is 1. The predicted molar refractivity (Wildman–Crippen MR) is 107 cm³/mol. The Kier molecular flexibility index (Phi) is 3.91. The molecule has 0 bridgehead atoms. The Labute approximate surface area is 162 Å². The van der Waals surface area contributed by atoms with E-state index < -0.39 is 0 Å². The van der Waals surface area contributed by atoms with Crippen LogP contribution in [-0.2, 0) is 16.8 Å². The molecule has 28 heavy (non-hydrogen) atoms. The molecule has 1 aromatic carbocycles. The maximum absolute atomic E-state index is 12.9. The van der Waals surface area contributed by atoms with Crippen LogP contribution in [0.15, 0.2) is 41.2 Å². The van der Waals surface area contributed by atoms with E-state index in [-0.39, 0.29) is 16.9 Å². The molecular weight excluding hydrogens is 354 g/mol. The molecule has 2 N–H and O–H groups in total. The molecule has 3 aromatic rings. The van der Waals surface area contributed by atoms with Gasteiger partial charge in [0.1, 0.15) is 11.3 Å². The Morgan fingerprint density at radius 2 is 1.93 bits per heavy atom. The molecule has 0 radical (unpaired) electrons. The van der Waals surface area contributed by atoms with Gasteiger partial charge >= 0.3 is 0 Å². The van der Waals surface area contributed by atoms with Gasteiger partial charge in [0.2, 0.25) is 0 Å². The number of aryl methyl sites for hydroxylation is 1. The summed E-state index contributed by atoms with van der Waals surface area (Å²) in [5.41, 5.74) is 4.23. The predicted octanol–water partition coefficient (Wildman–Crippen LogP) is 2.87. The van der Waals surface area contributed by atoms with Gasteiger partial charge in [-0.3, -0.25) is 9.59 Å². The second-order valence-corrected chi connectivity index (χ2v) is 7.82. The van der Waals surface area contributed by atoms with Crippen LogP contribution in [0.3, 0.4) is 0 Å². The monoisotopic (exact) mass is 377 g/mol. The van der Waals surface area contributed by atoms with E-state index in [1.807, 2.05) is 11.0 Å². The average molecular weight is 377 g/mol. The van der Waals surface area contributed by atoms with Crippen LogP contribution in [0.25, 0.3) is 10.9 Å². The van der Waals surface area contributed by atoms with Crippen LogP contribution in [0, 0.1) is 6.92 Å².